The van der Waals surface area contributed by atoms with Gasteiger partial charge in [0.15, 0.2) is 0 Å². The van der Waals surface area contributed by atoms with Gasteiger partial charge in [0.1, 0.15) is 0 Å². The minimum atomic E-state index is -0.149. The lowest BCUT2D eigenvalue weighted by atomic mass is 9.76. The quantitative estimate of drug-likeness (QED) is 0.849. The lowest BCUT2D eigenvalue weighted by Gasteiger charge is -2.42. The SMILES string of the molecule is O=c1[nH]cccc1CN1CCC[C@]2(CCC[C@H]2O)C1. The Balaban J connectivity index is 1.72. The molecule has 104 valence electrons. The Morgan fingerprint density at radius 2 is 2.26 bits per heavy atom. The number of hydrogen-bond acceptors (Lipinski definition) is 3. The molecule has 2 N–H and O–H groups in total. The van der Waals surface area contributed by atoms with E-state index in [2.05, 4.69) is 9.88 Å². The third kappa shape index (κ3) is 2.47. The van der Waals surface area contributed by atoms with Gasteiger partial charge in [-0.25, -0.2) is 0 Å². The molecule has 0 radical (unpaired) electrons. The Labute approximate surface area is 113 Å². The van der Waals surface area contributed by atoms with E-state index in [1.165, 1.54) is 0 Å². The van der Waals surface area contributed by atoms with Gasteiger partial charge in [-0.2, -0.15) is 0 Å². The first-order chi connectivity index (χ1) is 9.20. The number of pyridine rings is 1. The van der Waals surface area contributed by atoms with Gasteiger partial charge in [-0.1, -0.05) is 12.5 Å². The van der Waals surface area contributed by atoms with Gasteiger partial charge in [0.05, 0.1) is 6.10 Å². The number of hydrogen-bond donors (Lipinski definition) is 2. The summed E-state index contributed by atoms with van der Waals surface area (Å²) in [5.74, 6) is 0. The fourth-order valence-electron chi connectivity index (χ4n) is 3.81. The summed E-state index contributed by atoms with van der Waals surface area (Å²) in [5.41, 5.74) is 0.931. The van der Waals surface area contributed by atoms with Gasteiger partial charge >= 0.3 is 0 Å². The lowest BCUT2D eigenvalue weighted by Crippen LogP contribution is -2.47. The van der Waals surface area contributed by atoms with E-state index in [0.717, 1.165) is 50.8 Å². The Kier molecular flexibility index (Phi) is 3.46. The first kappa shape index (κ1) is 12.9. The van der Waals surface area contributed by atoms with Gasteiger partial charge in [-0.05, 0) is 38.3 Å². The largest absolute Gasteiger partial charge is 0.393 e. The Morgan fingerprint density at radius 1 is 1.42 bits per heavy atom. The number of piperidine rings is 1. The summed E-state index contributed by atoms with van der Waals surface area (Å²) in [6.45, 7) is 2.66. The summed E-state index contributed by atoms with van der Waals surface area (Å²) in [6, 6.07) is 3.77. The molecule has 1 aromatic rings. The van der Waals surface area contributed by atoms with Crippen LogP contribution in [0.3, 0.4) is 0 Å². The van der Waals surface area contributed by atoms with Crippen LogP contribution in [0, 0.1) is 5.41 Å². The van der Waals surface area contributed by atoms with Gasteiger partial charge in [-0.15, -0.1) is 0 Å². The first-order valence-electron chi connectivity index (χ1n) is 7.27. The van der Waals surface area contributed by atoms with Gasteiger partial charge in [-0.3, -0.25) is 9.69 Å². The molecule has 2 aliphatic rings. The maximum atomic E-state index is 11.7. The first-order valence-corrected chi connectivity index (χ1v) is 7.27. The summed E-state index contributed by atoms with van der Waals surface area (Å²) in [5, 5.41) is 10.2. The Bertz CT molecular complexity index is 499. The van der Waals surface area contributed by atoms with Crippen molar-refractivity contribution >= 4 is 0 Å². The van der Waals surface area contributed by atoms with E-state index < -0.39 is 0 Å². The van der Waals surface area contributed by atoms with Gasteiger partial charge in [0.2, 0.25) is 0 Å². The van der Waals surface area contributed by atoms with Crippen molar-refractivity contribution in [2.75, 3.05) is 13.1 Å². The van der Waals surface area contributed by atoms with Gasteiger partial charge in [0, 0.05) is 30.3 Å². The predicted octanol–water partition coefficient (Wildman–Crippen LogP) is 1.50. The van der Waals surface area contributed by atoms with Crippen LogP contribution in [0.25, 0.3) is 0 Å². The smallest absolute Gasteiger partial charge is 0.252 e. The number of nitrogens with zero attached hydrogens (tertiary/aromatic N) is 1. The molecule has 2 atom stereocenters. The minimum absolute atomic E-state index is 0.00842. The van der Waals surface area contributed by atoms with E-state index in [-0.39, 0.29) is 17.1 Å². The van der Waals surface area contributed by atoms with E-state index >= 15 is 0 Å². The molecule has 3 rings (SSSR count). The van der Waals surface area contributed by atoms with E-state index in [0.29, 0.717) is 6.54 Å². The third-order valence-corrected chi connectivity index (χ3v) is 4.84. The van der Waals surface area contributed by atoms with Crippen LogP contribution >= 0.6 is 0 Å². The van der Waals surface area contributed by atoms with Crippen LogP contribution in [0.2, 0.25) is 0 Å². The van der Waals surface area contributed by atoms with Crippen molar-refractivity contribution in [1.29, 1.82) is 0 Å². The summed E-state index contributed by atoms with van der Waals surface area (Å²) in [4.78, 5) is 16.8. The van der Waals surface area contributed by atoms with Crippen LogP contribution in [-0.4, -0.2) is 34.2 Å². The van der Waals surface area contributed by atoms with Crippen molar-refractivity contribution in [3.05, 3.63) is 34.2 Å². The minimum Gasteiger partial charge on any atom is -0.393 e. The zero-order chi connectivity index (χ0) is 13.3. The molecule has 1 saturated carbocycles. The second-order valence-electron chi connectivity index (χ2n) is 6.11. The van der Waals surface area contributed by atoms with Crippen LogP contribution < -0.4 is 5.56 Å². The van der Waals surface area contributed by atoms with E-state index in [4.69, 9.17) is 0 Å². The average Bonchev–Trinajstić information content (AvgIpc) is 2.74. The van der Waals surface area contributed by atoms with Crippen molar-refractivity contribution in [3.63, 3.8) is 0 Å². The standard InChI is InChI=1S/C15H22N2O2/c18-13-5-1-6-15(13)7-3-9-17(11-15)10-12-4-2-8-16-14(12)19/h2,4,8,13,18H,1,3,5-7,9-11H2,(H,16,19)/t13-,15-/m1/s1. The van der Waals surface area contributed by atoms with Crippen molar-refractivity contribution in [3.8, 4) is 0 Å². The normalized spacial score (nSPS) is 31.9. The van der Waals surface area contributed by atoms with Crippen molar-refractivity contribution < 1.29 is 5.11 Å². The number of aliphatic hydroxyl groups excluding tert-OH is 1. The molecule has 0 aromatic carbocycles. The molecule has 2 fully saturated rings. The molecule has 4 nitrogen and oxygen atoms in total. The van der Waals surface area contributed by atoms with Crippen LogP contribution in [0.4, 0.5) is 0 Å². The molecule has 0 bridgehead atoms. The molecule has 1 spiro atoms. The van der Waals surface area contributed by atoms with Crippen molar-refractivity contribution in [2.45, 2.75) is 44.8 Å². The molecule has 2 heterocycles. The van der Waals surface area contributed by atoms with E-state index in [1.54, 1.807) is 6.20 Å². The topological polar surface area (TPSA) is 56.3 Å². The average molecular weight is 262 g/mol. The number of aromatic nitrogens is 1. The highest BCUT2D eigenvalue weighted by molar-refractivity contribution is 5.09. The number of H-pyrrole nitrogens is 1. The molecule has 1 aliphatic heterocycles. The highest BCUT2D eigenvalue weighted by atomic mass is 16.3. The molecule has 0 unspecified atom stereocenters. The maximum absolute atomic E-state index is 11.7. The van der Waals surface area contributed by atoms with E-state index in [1.807, 2.05) is 12.1 Å². The van der Waals surface area contributed by atoms with Crippen molar-refractivity contribution in [2.24, 2.45) is 5.41 Å². The predicted molar refractivity (Wildman–Crippen MR) is 73.9 cm³/mol. The summed E-state index contributed by atoms with van der Waals surface area (Å²) < 4.78 is 0. The molecule has 4 heteroatoms. The number of aliphatic hydroxyl groups is 1. The molecular weight excluding hydrogens is 240 g/mol. The number of rotatable bonds is 2. The van der Waals surface area contributed by atoms with Crippen LogP contribution in [0.5, 0.6) is 0 Å². The summed E-state index contributed by atoms with van der Waals surface area (Å²) >= 11 is 0. The summed E-state index contributed by atoms with van der Waals surface area (Å²) in [7, 11) is 0. The zero-order valence-electron chi connectivity index (χ0n) is 11.3. The molecule has 1 aromatic heterocycles. The lowest BCUT2D eigenvalue weighted by molar-refractivity contribution is -0.0121. The molecule has 0 amide bonds. The zero-order valence-corrected chi connectivity index (χ0v) is 11.3. The summed E-state index contributed by atoms with van der Waals surface area (Å²) in [6.07, 6.45) is 7.00. The monoisotopic (exact) mass is 262 g/mol. The fraction of sp³-hybridized carbons (Fsp3) is 0.667. The molecular formula is C15H22N2O2. The van der Waals surface area contributed by atoms with Gasteiger partial charge in [0.25, 0.3) is 5.56 Å². The highest BCUT2D eigenvalue weighted by Crippen LogP contribution is 2.45. The molecule has 1 aliphatic carbocycles. The van der Waals surface area contributed by atoms with Crippen LogP contribution in [-0.2, 0) is 6.54 Å². The van der Waals surface area contributed by atoms with Crippen LogP contribution in [0.15, 0.2) is 23.1 Å². The highest BCUT2D eigenvalue weighted by Gasteiger charge is 2.44. The van der Waals surface area contributed by atoms with E-state index in [9.17, 15) is 9.90 Å². The molecule has 1 saturated heterocycles. The Hall–Kier alpha value is -1.13. The van der Waals surface area contributed by atoms with Crippen LogP contribution in [0.1, 0.15) is 37.7 Å². The number of likely N-dealkylation sites (tertiary alicyclic amines) is 1. The van der Waals surface area contributed by atoms with Gasteiger partial charge < -0.3 is 10.1 Å². The fourth-order valence-corrected chi connectivity index (χ4v) is 3.81. The third-order valence-electron chi connectivity index (χ3n) is 4.84. The number of aromatic amines is 1. The second-order valence-corrected chi connectivity index (χ2v) is 6.11. The Morgan fingerprint density at radius 3 is 3.00 bits per heavy atom. The number of nitrogens with one attached hydrogen (secondary N) is 1. The maximum Gasteiger partial charge on any atom is 0.252 e. The van der Waals surface area contributed by atoms with Crippen molar-refractivity contribution in [1.82, 2.24) is 9.88 Å². The molecule has 19 heavy (non-hydrogen) atoms. The second kappa shape index (κ2) is 5.10.